The van der Waals surface area contributed by atoms with Gasteiger partial charge in [0.05, 0.1) is 11.5 Å². The van der Waals surface area contributed by atoms with Crippen molar-refractivity contribution in [2.24, 2.45) is 0 Å². The third-order valence-electron chi connectivity index (χ3n) is 0.880. The molecule has 0 rings (SSSR count). The van der Waals surface area contributed by atoms with Gasteiger partial charge >= 0.3 is 0 Å². The zero-order chi connectivity index (χ0) is 8.20. The van der Waals surface area contributed by atoms with Gasteiger partial charge in [0, 0.05) is 5.75 Å². The zero-order valence-corrected chi connectivity index (χ0v) is 7.19. The molecular weight excluding hydrogens is 176 g/mol. The van der Waals surface area contributed by atoms with Gasteiger partial charge in [0.25, 0.3) is 0 Å². The van der Waals surface area contributed by atoms with Crippen molar-refractivity contribution < 1.29 is 16.8 Å². The Balaban J connectivity index is 3.93. The highest BCUT2D eigenvalue weighted by atomic mass is 32.2. The molecule has 1 radical (unpaired) electrons. The largest absolute Gasteiger partial charge is 0.232 e. The van der Waals surface area contributed by atoms with Crippen molar-refractivity contribution in [2.45, 2.75) is 6.92 Å². The quantitative estimate of drug-likeness (QED) is 0.582. The van der Waals surface area contributed by atoms with Gasteiger partial charge in [-0.15, -0.1) is 0 Å². The second-order valence-electron chi connectivity index (χ2n) is 1.63. The number of hydrogen-bond donors (Lipinski definition) is 1. The van der Waals surface area contributed by atoms with Gasteiger partial charge in [-0.3, -0.25) is 0 Å². The van der Waals surface area contributed by atoms with E-state index in [1.165, 1.54) is 6.92 Å². The molecule has 0 amide bonds. The number of sulfone groups is 1. The highest BCUT2D eigenvalue weighted by molar-refractivity contribution is 7.94. The minimum Gasteiger partial charge on any atom is -0.232 e. The van der Waals surface area contributed by atoms with Crippen molar-refractivity contribution in [1.29, 1.82) is 0 Å². The molecule has 0 aromatic heterocycles. The Bertz CT molecular complexity index is 240. The van der Waals surface area contributed by atoms with E-state index in [1.807, 2.05) is 0 Å². The molecule has 0 N–H and O–H groups in total. The van der Waals surface area contributed by atoms with Gasteiger partial charge in [0.1, 0.15) is 10.7 Å². The SMILES string of the molecule is CCS(=O)(=O)[CH]C[SH](=O)=O. The van der Waals surface area contributed by atoms with Gasteiger partial charge in [0.15, 0.2) is 9.84 Å². The third-order valence-corrected chi connectivity index (χ3v) is 3.09. The first-order chi connectivity index (χ1) is 4.48. The van der Waals surface area contributed by atoms with Gasteiger partial charge in [-0.05, 0) is 0 Å². The summed E-state index contributed by atoms with van der Waals surface area (Å²) in [6, 6.07) is 0. The number of rotatable bonds is 4. The second kappa shape index (κ2) is 3.92. The van der Waals surface area contributed by atoms with E-state index in [1.54, 1.807) is 0 Å². The van der Waals surface area contributed by atoms with E-state index in [0.29, 0.717) is 0 Å². The van der Waals surface area contributed by atoms with Crippen molar-refractivity contribution >= 4 is 20.5 Å². The lowest BCUT2D eigenvalue weighted by Crippen LogP contribution is -2.06. The minimum atomic E-state index is -3.22. The van der Waals surface area contributed by atoms with Crippen LogP contribution >= 0.6 is 0 Å². The van der Waals surface area contributed by atoms with E-state index >= 15 is 0 Å². The standard InChI is InChI=1S/C4H9O4S2/c1-2-10(7,8)4-3-9(5)6/h4,9H,2-3H2,1H3. The molecule has 0 saturated carbocycles. The lowest BCUT2D eigenvalue weighted by atomic mass is 10.9. The maximum Gasteiger partial charge on any atom is 0.155 e. The number of hydrogen-bond acceptors (Lipinski definition) is 4. The Kier molecular flexibility index (Phi) is 3.88. The Morgan fingerprint density at radius 3 is 2.20 bits per heavy atom. The summed E-state index contributed by atoms with van der Waals surface area (Å²) in [7, 11) is -5.83. The molecular formula is C4H9O4S2. The van der Waals surface area contributed by atoms with Gasteiger partial charge in [-0.2, -0.15) is 0 Å². The lowest BCUT2D eigenvalue weighted by Gasteiger charge is -1.92. The molecule has 0 aliphatic carbocycles. The summed E-state index contributed by atoms with van der Waals surface area (Å²) in [5, 5.41) is 0. The summed E-state index contributed by atoms with van der Waals surface area (Å²) in [5.41, 5.74) is 0. The van der Waals surface area contributed by atoms with Gasteiger partial charge in [-0.1, -0.05) is 6.92 Å². The molecule has 0 aliphatic heterocycles. The van der Waals surface area contributed by atoms with E-state index in [2.05, 4.69) is 0 Å². The molecule has 0 heterocycles. The monoisotopic (exact) mass is 185 g/mol. The van der Waals surface area contributed by atoms with Crippen molar-refractivity contribution in [3.63, 3.8) is 0 Å². The Hall–Kier alpha value is -0.100. The topological polar surface area (TPSA) is 68.3 Å². The van der Waals surface area contributed by atoms with Crippen LogP contribution in [0.25, 0.3) is 0 Å². The maximum atomic E-state index is 10.6. The molecule has 6 heteroatoms. The molecule has 61 valence electrons. The highest BCUT2D eigenvalue weighted by Crippen LogP contribution is 1.94. The van der Waals surface area contributed by atoms with Gasteiger partial charge in [-0.25, -0.2) is 16.8 Å². The van der Waals surface area contributed by atoms with Crippen molar-refractivity contribution in [3.8, 4) is 0 Å². The highest BCUT2D eigenvalue weighted by Gasteiger charge is 2.07. The molecule has 0 aromatic rings. The Labute approximate surface area is 62.1 Å². The molecule has 0 spiro atoms. The number of thiol groups is 1. The zero-order valence-electron chi connectivity index (χ0n) is 5.48. The van der Waals surface area contributed by atoms with E-state index in [0.717, 1.165) is 5.75 Å². The summed E-state index contributed by atoms with van der Waals surface area (Å²) in [4.78, 5) is 0. The van der Waals surface area contributed by atoms with E-state index in [9.17, 15) is 16.8 Å². The molecule has 0 aromatic carbocycles. The first kappa shape index (κ1) is 9.90. The van der Waals surface area contributed by atoms with Crippen LogP contribution in [0, 0.1) is 5.75 Å². The summed E-state index contributed by atoms with van der Waals surface area (Å²) in [6.45, 7) is 1.46. The van der Waals surface area contributed by atoms with Crippen molar-refractivity contribution in [1.82, 2.24) is 0 Å². The predicted molar refractivity (Wildman–Crippen MR) is 38.9 cm³/mol. The average molecular weight is 185 g/mol. The molecule has 0 saturated heterocycles. The fraction of sp³-hybridized carbons (Fsp3) is 0.750. The fourth-order valence-electron chi connectivity index (χ4n) is 0.292. The third kappa shape index (κ3) is 4.75. The second-order valence-corrected chi connectivity index (χ2v) is 4.90. The van der Waals surface area contributed by atoms with Crippen LogP contribution in [0.15, 0.2) is 0 Å². The molecule has 4 nitrogen and oxygen atoms in total. The molecule has 0 fully saturated rings. The van der Waals surface area contributed by atoms with Gasteiger partial charge in [0.2, 0.25) is 0 Å². The minimum absolute atomic E-state index is 0.0455. The maximum absolute atomic E-state index is 10.6. The van der Waals surface area contributed by atoms with Crippen LogP contribution in [0.2, 0.25) is 0 Å². The van der Waals surface area contributed by atoms with E-state index < -0.39 is 20.5 Å². The average Bonchev–Trinajstić information content (AvgIpc) is 1.85. The summed E-state index contributed by atoms with van der Waals surface area (Å²) >= 11 is 0. The summed E-state index contributed by atoms with van der Waals surface area (Å²) in [6.07, 6.45) is 0. The Morgan fingerprint density at radius 1 is 1.40 bits per heavy atom. The normalized spacial score (nSPS) is 12.2. The molecule has 0 bridgehead atoms. The van der Waals surface area contributed by atoms with Crippen LogP contribution in [-0.4, -0.2) is 28.3 Å². The molecule has 10 heavy (non-hydrogen) atoms. The predicted octanol–water partition coefficient (Wildman–Crippen LogP) is -0.806. The van der Waals surface area contributed by atoms with Crippen LogP contribution in [0.1, 0.15) is 6.92 Å². The molecule has 0 aliphatic rings. The smallest absolute Gasteiger partial charge is 0.155 e. The van der Waals surface area contributed by atoms with Crippen LogP contribution in [0.5, 0.6) is 0 Å². The molecule has 0 atom stereocenters. The van der Waals surface area contributed by atoms with E-state index in [4.69, 9.17) is 0 Å². The van der Waals surface area contributed by atoms with Gasteiger partial charge < -0.3 is 0 Å². The summed E-state index contributed by atoms with van der Waals surface area (Å²) < 4.78 is 41.0. The van der Waals surface area contributed by atoms with Crippen LogP contribution in [-0.2, 0) is 20.5 Å². The first-order valence-electron chi connectivity index (χ1n) is 2.65. The van der Waals surface area contributed by atoms with Crippen molar-refractivity contribution in [3.05, 3.63) is 5.75 Å². The molecule has 0 unspecified atom stereocenters. The van der Waals surface area contributed by atoms with Crippen LogP contribution in [0.3, 0.4) is 0 Å². The Morgan fingerprint density at radius 2 is 1.90 bits per heavy atom. The van der Waals surface area contributed by atoms with E-state index in [-0.39, 0.29) is 11.5 Å². The van der Waals surface area contributed by atoms with Crippen LogP contribution in [0.4, 0.5) is 0 Å². The fourth-order valence-corrected chi connectivity index (χ4v) is 1.92. The summed E-state index contributed by atoms with van der Waals surface area (Å²) in [5.74, 6) is 0.389. The first-order valence-corrected chi connectivity index (χ1v) is 5.73. The lowest BCUT2D eigenvalue weighted by molar-refractivity contribution is 0.599. The van der Waals surface area contributed by atoms with Crippen molar-refractivity contribution in [2.75, 3.05) is 11.5 Å². The van der Waals surface area contributed by atoms with Crippen LogP contribution < -0.4 is 0 Å².